The maximum Gasteiger partial charge on any atom is 0.0359 e. The Labute approximate surface area is 104 Å². The van der Waals surface area contributed by atoms with Gasteiger partial charge in [0.25, 0.3) is 0 Å². The van der Waals surface area contributed by atoms with Crippen LogP contribution in [0, 0.1) is 5.92 Å². The van der Waals surface area contributed by atoms with Crippen LogP contribution in [-0.2, 0) is 6.54 Å². The van der Waals surface area contributed by atoms with Crippen LogP contribution in [0.15, 0.2) is 24.3 Å². The lowest BCUT2D eigenvalue weighted by Crippen LogP contribution is -2.26. The van der Waals surface area contributed by atoms with Crippen molar-refractivity contribution in [1.29, 1.82) is 0 Å². The summed E-state index contributed by atoms with van der Waals surface area (Å²) in [5.74, 6) is 0.805. The molecule has 0 radical (unpaired) electrons. The van der Waals surface area contributed by atoms with Crippen molar-refractivity contribution in [2.75, 3.05) is 31.9 Å². The minimum absolute atomic E-state index is 0.805. The Morgan fingerprint density at radius 3 is 2.94 bits per heavy atom. The molecule has 1 aliphatic heterocycles. The van der Waals surface area contributed by atoms with Crippen molar-refractivity contribution >= 4 is 5.69 Å². The van der Waals surface area contributed by atoms with E-state index in [4.69, 9.17) is 5.73 Å². The number of anilines is 1. The highest BCUT2D eigenvalue weighted by Gasteiger charge is 2.20. The third-order valence-electron chi connectivity index (χ3n) is 3.62. The average molecular weight is 233 g/mol. The van der Waals surface area contributed by atoms with E-state index in [0.29, 0.717) is 0 Å². The summed E-state index contributed by atoms with van der Waals surface area (Å²) in [7, 11) is 0. The van der Waals surface area contributed by atoms with E-state index in [1.807, 2.05) is 18.2 Å². The highest BCUT2D eigenvalue weighted by Crippen LogP contribution is 2.15. The van der Waals surface area contributed by atoms with Gasteiger partial charge in [-0.3, -0.25) is 0 Å². The van der Waals surface area contributed by atoms with Gasteiger partial charge < -0.3 is 16.0 Å². The molecule has 0 amide bonds. The van der Waals surface area contributed by atoms with Crippen molar-refractivity contribution in [2.24, 2.45) is 5.92 Å². The van der Waals surface area contributed by atoms with Crippen LogP contribution in [-0.4, -0.2) is 31.1 Å². The maximum absolute atomic E-state index is 5.91. The molecule has 1 fully saturated rings. The van der Waals surface area contributed by atoms with Gasteiger partial charge in [-0.15, -0.1) is 0 Å². The Morgan fingerprint density at radius 2 is 2.24 bits per heavy atom. The molecule has 0 bridgehead atoms. The number of hydrogen-bond donors (Lipinski definition) is 2. The molecular weight excluding hydrogens is 210 g/mol. The van der Waals surface area contributed by atoms with Crippen LogP contribution < -0.4 is 11.1 Å². The number of nitrogens with two attached hydrogens (primary N) is 1. The first-order valence-corrected chi connectivity index (χ1v) is 6.56. The van der Waals surface area contributed by atoms with Gasteiger partial charge in [0, 0.05) is 18.8 Å². The van der Waals surface area contributed by atoms with Gasteiger partial charge in [-0.05, 0) is 43.6 Å². The topological polar surface area (TPSA) is 41.3 Å². The van der Waals surface area contributed by atoms with E-state index in [2.05, 4.69) is 23.2 Å². The minimum atomic E-state index is 0.805. The number of hydrogen-bond acceptors (Lipinski definition) is 3. The Hall–Kier alpha value is -1.06. The molecule has 1 aromatic carbocycles. The Balaban J connectivity index is 1.72. The van der Waals surface area contributed by atoms with Gasteiger partial charge in [0.15, 0.2) is 0 Å². The molecule has 3 nitrogen and oxygen atoms in total. The summed E-state index contributed by atoms with van der Waals surface area (Å²) in [5, 5.41) is 3.52. The van der Waals surface area contributed by atoms with E-state index in [0.717, 1.165) is 24.7 Å². The zero-order valence-corrected chi connectivity index (χ0v) is 10.7. The van der Waals surface area contributed by atoms with Gasteiger partial charge in [-0.1, -0.05) is 25.1 Å². The zero-order valence-electron chi connectivity index (χ0n) is 10.7. The van der Waals surface area contributed by atoms with E-state index in [1.165, 1.54) is 31.6 Å². The van der Waals surface area contributed by atoms with Gasteiger partial charge >= 0.3 is 0 Å². The molecule has 1 aliphatic rings. The van der Waals surface area contributed by atoms with Gasteiger partial charge in [0.05, 0.1) is 0 Å². The Kier molecular flexibility index (Phi) is 4.40. The molecular formula is C14H23N3. The van der Waals surface area contributed by atoms with E-state index < -0.39 is 0 Å². The molecule has 2 rings (SSSR count). The predicted octanol–water partition coefficient (Wildman–Crippen LogP) is 1.70. The summed E-state index contributed by atoms with van der Waals surface area (Å²) in [6, 6.07) is 8.08. The fourth-order valence-corrected chi connectivity index (χ4v) is 2.47. The first-order chi connectivity index (χ1) is 8.29. The first kappa shape index (κ1) is 12.4. The summed E-state index contributed by atoms with van der Waals surface area (Å²) in [6.45, 7) is 7.91. The van der Waals surface area contributed by atoms with Crippen molar-refractivity contribution in [2.45, 2.75) is 19.9 Å². The van der Waals surface area contributed by atoms with Crippen LogP contribution in [0.3, 0.4) is 0 Å². The second-order valence-corrected chi connectivity index (χ2v) is 4.88. The molecule has 0 spiro atoms. The molecule has 3 N–H and O–H groups in total. The lowest BCUT2D eigenvalue weighted by molar-refractivity contribution is 0.339. The van der Waals surface area contributed by atoms with E-state index in [-0.39, 0.29) is 0 Å². The molecule has 1 heterocycles. The number of nitrogen functional groups attached to an aromatic ring is 1. The molecule has 0 saturated carbocycles. The van der Waals surface area contributed by atoms with Crippen LogP contribution in [0.25, 0.3) is 0 Å². The van der Waals surface area contributed by atoms with Gasteiger partial charge in [-0.25, -0.2) is 0 Å². The fourth-order valence-electron chi connectivity index (χ4n) is 2.47. The van der Waals surface area contributed by atoms with E-state index in [1.54, 1.807) is 0 Å². The number of likely N-dealkylation sites (tertiary alicyclic amines) is 1. The summed E-state index contributed by atoms with van der Waals surface area (Å²) < 4.78 is 0. The molecule has 1 unspecified atom stereocenters. The fraction of sp³-hybridized carbons (Fsp3) is 0.571. The minimum Gasteiger partial charge on any atom is -0.398 e. The third-order valence-corrected chi connectivity index (χ3v) is 3.62. The molecule has 1 atom stereocenters. The molecule has 17 heavy (non-hydrogen) atoms. The van der Waals surface area contributed by atoms with Crippen molar-refractivity contribution < 1.29 is 0 Å². The van der Waals surface area contributed by atoms with Crippen molar-refractivity contribution in [3.05, 3.63) is 29.8 Å². The van der Waals surface area contributed by atoms with Crippen LogP contribution in [0.1, 0.15) is 18.9 Å². The average Bonchev–Trinajstić information content (AvgIpc) is 2.80. The van der Waals surface area contributed by atoms with Crippen LogP contribution in [0.4, 0.5) is 5.69 Å². The Bertz CT molecular complexity index is 351. The number of nitrogens with one attached hydrogen (secondary N) is 1. The van der Waals surface area contributed by atoms with Crippen molar-refractivity contribution in [3.8, 4) is 0 Å². The zero-order chi connectivity index (χ0) is 12.1. The SMILES string of the molecule is CCN1CCC(CNCc2ccccc2N)C1. The normalized spacial score (nSPS) is 20.9. The number of rotatable bonds is 5. The summed E-state index contributed by atoms with van der Waals surface area (Å²) in [6.07, 6.45) is 1.32. The molecule has 94 valence electrons. The smallest absolute Gasteiger partial charge is 0.0359 e. The molecule has 0 aromatic heterocycles. The lowest BCUT2D eigenvalue weighted by atomic mass is 10.1. The summed E-state index contributed by atoms with van der Waals surface area (Å²) >= 11 is 0. The molecule has 3 heteroatoms. The Morgan fingerprint density at radius 1 is 1.41 bits per heavy atom. The van der Waals surface area contributed by atoms with Crippen molar-refractivity contribution in [1.82, 2.24) is 10.2 Å². The number of nitrogens with zero attached hydrogens (tertiary/aromatic N) is 1. The second-order valence-electron chi connectivity index (χ2n) is 4.88. The van der Waals surface area contributed by atoms with Crippen LogP contribution >= 0.6 is 0 Å². The van der Waals surface area contributed by atoms with E-state index in [9.17, 15) is 0 Å². The lowest BCUT2D eigenvalue weighted by Gasteiger charge is -2.14. The number of benzene rings is 1. The molecule has 1 aromatic rings. The van der Waals surface area contributed by atoms with Crippen molar-refractivity contribution in [3.63, 3.8) is 0 Å². The molecule has 0 aliphatic carbocycles. The molecule has 1 saturated heterocycles. The summed E-state index contributed by atoms with van der Waals surface area (Å²) in [4.78, 5) is 2.52. The van der Waals surface area contributed by atoms with Gasteiger partial charge in [0.1, 0.15) is 0 Å². The highest BCUT2D eigenvalue weighted by atomic mass is 15.1. The second kappa shape index (κ2) is 6.03. The quantitative estimate of drug-likeness (QED) is 0.761. The third kappa shape index (κ3) is 3.45. The number of para-hydroxylation sites is 1. The van der Waals surface area contributed by atoms with Crippen LogP contribution in [0.5, 0.6) is 0 Å². The monoisotopic (exact) mass is 233 g/mol. The first-order valence-electron chi connectivity index (χ1n) is 6.56. The van der Waals surface area contributed by atoms with E-state index >= 15 is 0 Å². The largest absolute Gasteiger partial charge is 0.398 e. The standard InChI is InChI=1S/C14H23N3/c1-2-17-8-7-12(11-17)9-16-10-13-5-3-4-6-14(13)15/h3-6,12,16H,2,7-11,15H2,1H3. The predicted molar refractivity (Wildman–Crippen MR) is 72.8 cm³/mol. The van der Waals surface area contributed by atoms with Crippen LogP contribution in [0.2, 0.25) is 0 Å². The van der Waals surface area contributed by atoms with Gasteiger partial charge in [0.2, 0.25) is 0 Å². The highest BCUT2D eigenvalue weighted by molar-refractivity contribution is 5.46. The maximum atomic E-state index is 5.91. The van der Waals surface area contributed by atoms with Gasteiger partial charge in [-0.2, -0.15) is 0 Å². The summed E-state index contributed by atoms with van der Waals surface area (Å²) in [5.41, 5.74) is 8.01.